The van der Waals surface area contributed by atoms with Gasteiger partial charge in [-0.1, -0.05) is 29.8 Å². The summed E-state index contributed by atoms with van der Waals surface area (Å²) in [5.41, 5.74) is 3.58. The zero-order valence-corrected chi connectivity index (χ0v) is 15.3. The van der Waals surface area contributed by atoms with E-state index in [0.29, 0.717) is 11.3 Å². The molecule has 2 aromatic carbocycles. The van der Waals surface area contributed by atoms with Crippen molar-refractivity contribution in [3.63, 3.8) is 0 Å². The van der Waals surface area contributed by atoms with Crippen LogP contribution in [0.15, 0.2) is 60.0 Å². The Morgan fingerprint density at radius 2 is 1.89 bits per heavy atom. The second-order valence-corrected chi connectivity index (χ2v) is 6.66. The van der Waals surface area contributed by atoms with Gasteiger partial charge in [0.2, 0.25) is 0 Å². The van der Waals surface area contributed by atoms with Gasteiger partial charge < -0.3 is 4.74 Å². The van der Waals surface area contributed by atoms with E-state index in [4.69, 9.17) is 4.74 Å². The highest BCUT2D eigenvalue weighted by molar-refractivity contribution is 7.13. The smallest absolute Gasteiger partial charge is 0.331 e. The summed E-state index contributed by atoms with van der Waals surface area (Å²) >= 11 is 1.50. The molecular weight excluding hydrogens is 364 g/mol. The first-order chi connectivity index (χ1) is 13.0. The topological polar surface area (TPSA) is 82.3 Å². The largest absolute Gasteiger partial charge is 0.456 e. The number of nitro groups is 1. The summed E-state index contributed by atoms with van der Waals surface area (Å²) in [5.74, 6) is -0.502. The number of carbonyl (C=O) groups excluding carboxylic acids is 1. The quantitative estimate of drug-likeness (QED) is 0.266. The molecule has 7 heteroatoms. The molecule has 6 nitrogen and oxygen atoms in total. The minimum atomic E-state index is -0.502. The monoisotopic (exact) mass is 380 g/mol. The number of hydrogen-bond acceptors (Lipinski definition) is 6. The first-order valence-corrected chi connectivity index (χ1v) is 9.00. The Hall–Kier alpha value is -3.32. The van der Waals surface area contributed by atoms with Crippen molar-refractivity contribution in [3.05, 3.63) is 86.9 Å². The SMILES string of the molecule is Cc1ccc(-c2nc(COC(=O)/C=C/c3ccc([N+](=O)[O-])cc3)cs2)cc1. The van der Waals surface area contributed by atoms with Crippen molar-refractivity contribution < 1.29 is 14.5 Å². The van der Waals surface area contributed by atoms with E-state index in [-0.39, 0.29) is 12.3 Å². The molecule has 0 fully saturated rings. The van der Waals surface area contributed by atoms with Gasteiger partial charge in [-0.05, 0) is 30.7 Å². The number of aryl methyl sites for hydroxylation is 1. The Morgan fingerprint density at radius 3 is 2.56 bits per heavy atom. The maximum atomic E-state index is 11.8. The molecule has 0 N–H and O–H groups in total. The summed E-state index contributed by atoms with van der Waals surface area (Å²) < 4.78 is 5.19. The summed E-state index contributed by atoms with van der Waals surface area (Å²) in [4.78, 5) is 26.5. The van der Waals surface area contributed by atoms with Gasteiger partial charge in [0.05, 0.1) is 10.6 Å². The van der Waals surface area contributed by atoms with Gasteiger partial charge in [0, 0.05) is 29.2 Å². The number of carbonyl (C=O) groups is 1. The molecule has 0 unspecified atom stereocenters. The number of hydrogen-bond donors (Lipinski definition) is 0. The first-order valence-electron chi connectivity index (χ1n) is 8.12. The van der Waals surface area contributed by atoms with Gasteiger partial charge in [0.15, 0.2) is 0 Å². The molecule has 136 valence electrons. The van der Waals surface area contributed by atoms with Gasteiger partial charge >= 0.3 is 5.97 Å². The molecular formula is C20H16N2O4S. The highest BCUT2D eigenvalue weighted by Crippen LogP contribution is 2.24. The lowest BCUT2D eigenvalue weighted by Gasteiger charge is -1.99. The number of aromatic nitrogens is 1. The van der Waals surface area contributed by atoms with E-state index in [0.717, 1.165) is 10.6 Å². The highest BCUT2D eigenvalue weighted by atomic mass is 32.1. The number of nitro benzene ring substituents is 1. The van der Waals surface area contributed by atoms with Gasteiger partial charge in [-0.3, -0.25) is 10.1 Å². The van der Waals surface area contributed by atoms with Crippen LogP contribution in [0.1, 0.15) is 16.8 Å². The average molecular weight is 380 g/mol. The minimum absolute atomic E-state index is 0.00244. The number of esters is 1. The lowest BCUT2D eigenvalue weighted by molar-refractivity contribution is -0.384. The molecule has 3 rings (SSSR count). The molecule has 0 aliphatic rings. The fourth-order valence-corrected chi connectivity index (χ4v) is 3.08. The fourth-order valence-electron chi connectivity index (χ4n) is 2.27. The minimum Gasteiger partial charge on any atom is -0.456 e. The van der Waals surface area contributed by atoms with E-state index in [1.54, 1.807) is 18.2 Å². The maximum Gasteiger partial charge on any atom is 0.331 e. The lowest BCUT2D eigenvalue weighted by Crippen LogP contribution is -2.01. The number of benzene rings is 2. The Bertz CT molecular complexity index is 976. The van der Waals surface area contributed by atoms with Crippen molar-refractivity contribution in [2.24, 2.45) is 0 Å². The molecule has 0 saturated carbocycles. The summed E-state index contributed by atoms with van der Waals surface area (Å²) in [5, 5.41) is 13.4. The van der Waals surface area contributed by atoms with Crippen LogP contribution in [-0.2, 0) is 16.1 Å². The third-order valence-electron chi connectivity index (χ3n) is 3.73. The van der Waals surface area contributed by atoms with Crippen LogP contribution in [0, 0.1) is 17.0 Å². The Balaban J connectivity index is 1.54. The molecule has 0 aliphatic carbocycles. The Kier molecular flexibility index (Phi) is 5.73. The fraction of sp³-hybridized carbons (Fsp3) is 0.100. The van der Waals surface area contributed by atoms with Crippen LogP contribution in [0.3, 0.4) is 0 Å². The third-order valence-corrected chi connectivity index (χ3v) is 4.67. The van der Waals surface area contributed by atoms with E-state index in [2.05, 4.69) is 4.98 Å². The highest BCUT2D eigenvalue weighted by Gasteiger charge is 2.07. The van der Waals surface area contributed by atoms with E-state index >= 15 is 0 Å². The molecule has 1 aromatic heterocycles. The van der Waals surface area contributed by atoms with Crippen molar-refractivity contribution in [1.29, 1.82) is 0 Å². The molecule has 27 heavy (non-hydrogen) atoms. The van der Waals surface area contributed by atoms with E-state index in [1.807, 2.05) is 36.6 Å². The van der Waals surface area contributed by atoms with Crippen molar-refractivity contribution in [3.8, 4) is 10.6 Å². The lowest BCUT2D eigenvalue weighted by atomic mass is 10.2. The van der Waals surface area contributed by atoms with Crippen LogP contribution in [0.25, 0.3) is 16.6 Å². The molecule has 0 amide bonds. The summed E-state index contributed by atoms with van der Waals surface area (Å²) in [6.45, 7) is 2.12. The van der Waals surface area contributed by atoms with Crippen LogP contribution in [-0.4, -0.2) is 15.9 Å². The summed E-state index contributed by atoms with van der Waals surface area (Å²) in [6.07, 6.45) is 2.83. The number of rotatable bonds is 6. The van der Waals surface area contributed by atoms with Crippen molar-refractivity contribution in [2.45, 2.75) is 13.5 Å². The van der Waals surface area contributed by atoms with Gasteiger partial charge in [0.1, 0.15) is 11.6 Å². The molecule has 1 heterocycles. The number of nitrogens with zero attached hydrogens (tertiary/aromatic N) is 2. The van der Waals surface area contributed by atoms with Crippen molar-refractivity contribution in [2.75, 3.05) is 0 Å². The van der Waals surface area contributed by atoms with Crippen molar-refractivity contribution in [1.82, 2.24) is 4.98 Å². The molecule has 0 bridgehead atoms. The zero-order chi connectivity index (χ0) is 19.2. The number of non-ortho nitro benzene ring substituents is 1. The van der Waals surface area contributed by atoms with Crippen LogP contribution in [0.4, 0.5) is 5.69 Å². The molecule has 0 atom stereocenters. The molecule has 0 radical (unpaired) electrons. The van der Waals surface area contributed by atoms with E-state index in [1.165, 1.54) is 35.1 Å². The predicted octanol–water partition coefficient (Wildman–Crippen LogP) is 4.78. The molecule has 0 spiro atoms. The van der Waals surface area contributed by atoms with E-state index in [9.17, 15) is 14.9 Å². The standard InChI is InChI=1S/C20H16N2O4S/c1-14-2-7-16(8-3-14)20-21-17(13-27-20)12-26-19(23)11-6-15-4-9-18(10-5-15)22(24)25/h2-11,13H,12H2,1H3/b11-6+. The second-order valence-electron chi connectivity index (χ2n) is 5.80. The van der Waals surface area contributed by atoms with Gasteiger partial charge in [-0.15, -0.1) is 11.3 Å². The van der Waals surface area contributed by atoms with E-state index < -0.39 is 10.9 Å². The molecule has 0 aliphatic heterocycles. The Morgan fingerprint density at radius 1 is 1.19 bits per heavy atom. The summed E-state index contributed by atoms with van der Waals surface area (Å²) in [6, 6.07) is 14.0. The second kappa shape index (κ2) is 8.37. The average Bonchev–Trinajstić information content (AvgIpc) is 3.14. The van der Waals surface area contributed by atoms with Gasteiger partial charge in [0.25, 0.3) is 5.69 Å². The number of ether oxygens (including phenoxy) is 1. The van der Waals surface area contributed by atoms with Gasteiger partial charge in [-0.2, -0.15) is 0 Å². The zero-order valence-electron chi connectivity index (χ0n) is 14.5. The van der Waals surface area contributed by atoms with Crippen LogP contribution >= 0.6 is 11.3 Å². The van der Waals surface area contributed by atoms with Gasteiger partial charge in [-0.25, -0.2) is 9.78 Å². The molecule has 0 saturated heterocycles. The number of thiazole rings is 1. The normalized spacial score (nSPS) is 10.9. The molecule has 3 aromatic rings. The Labute approximate surface area is 159 Å². The first kappa shape index (κ1) is 18.5. The van der Waals surface area contributed by atoms with Crippen molar-refractivity contribution >= 4 is 29.1 Å². The maximum absolute atomic E-state index is 11.8. The van der Waals surface area contributed by atoms with Crippen LogP contribution < -0.4 is 0 Å². The summed E-state index contributed by atoms with van der Waals surface area (Å²) in [7, 11) is 0. The van der Waals surface area contributed by atoms with Crippen LogP contribution in [0.2, 0.25) is 0 Å². The van der Waals surface area contributed by atoms with Crippen LogP contribution in [0.5, 0.6) is 0 Å². The third kappa shape index (κ3) is 5.08. The predicted molar refractivity (Wildman–Crippen MR) is 104 cm³/mol.